The minimum absolute atomic E-state index is 0.0639. The van der Waals surface area contributed by atoms with Crippen LogP contribution in [0.5, 0.6) is 5.75 Å². The van der Waals surface area contributed by atoms with E-state index in [1.165, 1.54) is 5.56 Å². The van der Waals surface area contributed by atoms with Crippen molar-refractivity contribution in [3.05, 3.63) is 59.7 Å². The normalized spacial score (nSPS) is 13.3. The average molecular weight is 338 g/mol. The summed E-state index contributed by atoms with van der Waals surface area (Å²) in [5, 5.41) is 2.89. The Labute approximate surface area is 147 Å². The molecule has 0 spiro atoms. The fourth-order valence-corrected chi connectivity index (χ4v) is 3.08. The van der Waals surface area contributed by atoms with Crippen molar-refractivity contribution in [2.75, 3.05) is 25.1 Å². The number of hydrogen-bond donors (Lipinski definition) is 1. The fourth-order valence-electron chi connectivity index (χ4n) is 3.08. The van der Waals surface area contributed by atoms with Gasteiger partial charge in [-0.25, -0.2) is 0 Å². The third-order valence-electron chi connectivity index (χ3n) is 4.35. The number of hydrogen-bond acceptors (Lipinski definition) is 3. The number of methoxy groups -OCH3 is 1. The van der Waals surface area contributed by atoms with Crippen LogP contribution in [-0.2, 0) is 22.4 Å². The van der Waals surface area contributed by atoms with Crippen LogP contribution in [0.4, 0.5) is 5.69 Å². The van der Waals surface area contributed by atoms with Gasteiger partial charge in [0.15, 0.2) is 0 Å². The molecule has 0 bridgehead atoms. The van der Waals surface area contributed by atoms with E-state index in [2.05, 4.69) is 11.4 Å². The Bertz CT molecular complexity index is 773. The van der Waals surface area contributed by atoms with E-state index in [1.54, 1.807) is 12.0 Å². The largest absolute Gasteiger partial charge is 0.497 e. The summed E-state index contributed by atoms with van der Waals surface area (Å²) in [6.45, 7) is 0.919. The van der Waals surface area contributed by atoms with Crippen LogP contribution in [0.3, 0.4) is 0 Å². The molecule has 25 heavy (non-hydrogen) atoms. The second kappa shape index (κ2) is 7.83. The summed E-state index contributed by atoms with van der Waals surface area (Å²) in [5.41, 5.74) is 3.04. The van der Waals surface area contributed by atoms with E-state index in [4.69, 9.17) is 4.74 Å². The van der Waals surface area contributed by atoms with E-state index in [9.17, 15) is 9.59 Å². The summed E-state index contributed by atoms with van der Waals surface area (Å²) in [7, 11) is 1.60. The van der Waals surface area contributed by atoms with E-state index >= 15 is 0 Å². The van der Waals surface area contributed by atoms with Crippen molar-refractivity contribution in [1.82, 2.24) is 5.32 Å². The molecule has 0 atom stereocenters. The number of benzene rings is 2. The van der Waals surface area contributed by atoms with Crippen LogP contribution in [-0.4, -0.2) is 32.0 Å². The predicted molar refractivity (Wildman–Crippen MR) is 96.8 cm³/mol. The van der Waals surface area contributed by atoms with Gasteiger partial charge in [0.2, 0.25) is 11.8 Å². The number of carbonyl (C=O) groups is 2. The zero-order valence-electron chi connectivity index (χ0n) is 14.3. The molecule has 0 aromatic heterocycles. The molecule has 0 unspecified atom stereocenters. The summed E-state index contributed by atoms with van der Waals surface area (Å²) < 4.78 is 5.17. The number of ether oxygens (including phenoxy) is 1. The number of aryl methyl sites for hydroxylation is 1. The topological polar surface area (TPSA) is 58.6 Å². The lowest BCUT2D eigenvalue weighted by molar-refractivity contribution is -0.121. The molecular formula is C20H22N2O3. The predicted octanol–water partition coefficient (Wildman–Crippen LogP) is 2.33. The van der Waals surface area contributed by atoms with Gasteiger partial charge in [-0.3, -0.25) is 9.59 Å². The zero-order valence-corrected chi connectivity index (χ0v) is 14.3. The standard InChI is InChI=1S/C20H22N2O3/c1-25-17-7-4-5-15(13-17)14-19(23)21-11-12-22-18-8-3-2-6-16(18)9-10-20(22)24/h2-8,13H,9-12,14H2,1H3,(H,21,23). The molecule has 1 aliphatic heterocycles. The van der Waals surface area contributed by atoms with Crippen molar-refractivity contribution in [2.45, 2.75) is 19.3 Å². The summed E-state index contributed by atoms with van der Waals surface area (Å²) >= 11 is 0. The zero-order chi connectivity index (χ0) is 17.6. The molecule has 130 valence electrons. The number of carbonyl (C=O) groups excluding carboxylic acids is 2. The van der Waals surface area contributed by atoms with Crippen LogP contribution >= 0.6 is 0 Å². The third-order valence-corrected chi connectivity index (χ3v) is 4.35. The molecule has 0 saturated heterocycles. The lowest BCUT2D eigenvalue weighted by Crippen LogP contribution is -2.41. The maximum Gasteiger partial charge on any atom is 0.227 e. The highest BCUT2D eigenvalue weighted by molar-refractivity contribution is 5.96. The molecule has 2 amide bonds. The lowest BCUT2D eigenvalue weighted by atomic mass is 10.0. The molecule has 1 N–H and O–H groups in total. The second-order valence-electron chi connectivity index (χ2n) is 6.05. The molecule has 1 heterocycles. The summed E-state index contributed by atoms with van der Waals surface area (Å²) in [6, 6.07) is 15.4. The van der Waals surface area contributed by atoms with Gasteiger partial charge in [0.05, 0.1) is 13.5 Å². The number of nitrogens with zero attached hydrogens (tertiary/aromatic N) is 1. The van der Waals surface area contributed by atoms with Crippen molar-refractivity contribution >= 4 is 17.5 Å². The van der Waals surface area contributed by atoms with Gasteiger partial charge >= 0.3 is 0 Å². The van der Waals surface area contributed by atoms with Gasteiger partial charge in [-0.15, -0.1) is 0 Å². The van der Waals surface area contributed by atoms with Gasteiger partial charge in [0, 0.05) is 25.2 Å². The molecule has 0 saturated carbocycles. The monoisotopic (exact) mass is 338 g/mol. The first-order valence-electron chi connectivity index (χ1n) is 8.45. The van der Waals surface area contributed by atoms with Crippen molar-refractivity contribution in [1.29, 1.82) is 0 Å². The Hall–Kier alpha value is -2.82. The van der Waals surface area contributed by atoms with Crippen LogP contribution in [0.15, 0.2) is 48.5 Å². The van der Waals surface area contributed by atoms with Gasteiger partial charge in [-0.2, -0.15) is 0 Å². The minimum Gasteiger partial charge on any atom is -0.497 e. The van der Waals surface area contributed by atoms with Crippen molar-refractivity contribution in [3.8, 4) is 5.75 Å². The molecule has 2 aromatic carbocycles. The molecule has 1 aliphatic rings. The molecular weight excluding hydrogens is 316 g/mol. The summed E-state index contributed by atoms with van der Waals surface area (Å²) in [6.07, 6.45) is 1.60. The Kier molecular flexibility index (Phi) is 5.33. The van der Waals surface area contributed by atoms with Gasteiger partial charge < -0.3 is 15.0 Å². The molecule has 0 aliphatic carbocycles. The fraction of sp³-hybridized carbons (Fsp3) is 0.300. The number of fused-ring (bicyclic) bond motifs is 1. The highest BCUT2D eigenvalue weighted by atomic mass is 16.5. The Morgan fingerprint density at radius 3 is 2.84 bits per heavy atom. The molecule has 0 radical (unpaired) electrons. The smallest absolute Gasteiger partial charge is 0.227 e. The molecule has 2 aromatic rings. The Balaban J connectivity index is 1.54. The van der Waals surface area contributed by atoms with E-state index in [-0.39, 0.29) is 11.8 Å². The van der Waals surface area contributed by atoms with Gasteiger partial charge in [-0.1, -0.05) is 30.3 Å². The maximum absolute atomic E-state index is 12.2. The summed E-state index contributed by atoms with van der Waals surface area (Å²) in [4.78, 5) is 26.1. The molecule has 0 fully saturated rings. The van der Waals surface area contributed by atoms with Crippen LogP contribution in [0.2, 0.25) is 0 Å². The molecule has 5 nitrogen and oxygen atoms in total. The lowest BCUT2D eigenvalue weighted by Gasteiger charge is -2.29. The second-order valence-corrected chi connectivity index (χ2v) is 6.05. The average Bonchev–Trinajstić information content (AvgIpc) is 2.63. The highest BCUT2D eigenvalue weighted by Crippen LogP contribution is 2.26. The number of amides is 2. The van der Waals surface area contributed by atoms with Gasteiger partial charge in [-0.05, 0) is 35.7 Å². The molecule has 5 heteroatoms. The Morgan fingerprint density at radius 1 is 1.16 bits per heavy atom. The van der Waals surface area contributed by atoms with Gasteiger partial charge in [0.25, 0.3) is 0 Å². The van der Waals surface area contributed by atoms with Crippen LogP contribution in [0.25, 0.3) is 0 Å². The minimum atomic E-state index is -0.0639. The van der Waals surface area contributed by atoms with Crippen LogP contribution in [0, 0.1) is 0 Å². The van der Waals surface area contributed by atoms with Crippen molar-refractivity contribution in [3.63, 3.8) is 0 Å². The van der Waals surface area contributed by atoms with E-state index in [0.29, 0.717) is 25.9 Å². The van der Waals surface area contributed by atoms with Crippen LogP contribution in [0.1, 0.15) is 17.5 Å². The van der Waals surface area contributed by atoms with E-state index < -0.39 is 0 Å². The Morgan fingerprint density at radius 2 is 2.00 bits per heavy atom. The number of rotatable bonds is 6. The SMILES string of the molecule is COc1cccc(CC(=O)NCCN2C(=O)CCc3ccccc32)c1. The first kappa shape index (κ1) is 17.0. The van der Waals surface area contributed by atoms with Crippen molar-refractivity contribution < 1.29 is 14.3 Å². The first-order chi connectivity index (χ1) is 12.2. The third kappa shape index (κ3) is 4.18. The quantitative estimate of drug-likeness (QED) is 0.879. The first-order valence-corrected chi connectivity index (χ1v) is 8.45. The van der Waals surface area contributed by atoms with E-state index in [1.807, 2.05) is 42.5 Å². The number of para-hydroxylation sites is 1. The maximum atomic E-state index is 12.2. The summed E-state index contributed by atoms with van der Waals surface area (Å²) in [5.74, 6) is 0.785. The van der Waals surface area contributed by atoms with E-state index in [0.717, 1.165) is 23.4 Å². The molecule has 3 rings (SSSR count). The number of anilines is 1. The van der Waals surface area contributed by atoms with Crippen LogP contribution < -0.4 is 15.0 Å². The highest BCUT2D eigenvalue weighted by Gasteiger charge is 2.23. The van der Waals surface area contributed by atoms with Crippen molar-refractivity contribution in [2.24, 2.45) is 0 Å². The van der Waals surface area contributed by atoms with Gasteiger partial charge in [0.1, 0.15) is 5.75 Å². The number of nitrogens with one attached hydrogen (secondary N) is 1.